The van der Waals surface area contributed by atoms with Crippen molar-refractivity contribution in [2.75, 3.05) is 0 Å². The molecule has 0 radical (unpaired) electrons. The monoisotopic (exact) mass is 264 g/mol. The quantitative estimate of drug-likeness (QED) is 0.766. The smallest absolute Gasteiger partial charge is 0.326 e. The van der Waals surface area contributed by atoms with Crippen LogP contribution in [0.1, 0.15) is 36.5 Å². The number of aromatic nitrogens is 1. The molecule has 0 bridgehead atoms. The van der Waals surface area contributed by atoms with E-state index in [1.54, 1.807) is 6.92 Å². The topological polar surface area (TPSA) is 96.4 Å². The molecule has 6 nitrogen and oxygen atoms in total. The first kappa shape index (κ1) is 14.8. The lowest BCUT2D eigenvalue weighted by Crippen LogP contribution is -2.41. The molecular formula is C13H16N2O4. The molecule has 1 aromatic rings. The highest BCUT2D eigenvalue weighted by Gasteiger charge is 2.21. The number of carboxylic acid groups (broad SMARTS) is 1. The normalized spacial score (nSPS) is 11.6. The zero-order valence-corrected chi connectivity index (χ0v) is 10.6. The number of nitrogens with one attached hydrogen (secondary N) is 1. The van der Waals surface area contributed by atoms with Crippen molar-refractivity contribution in [3.63, 3.8) is 0 Å². The Labute approximate surface area is 110 Å². The number of amides is 1. The van der Waals surface area contributed by atoms with Gasteiger partial charge in [-0.05, 0) is 18.6 Å². The highest BCUT2D eigenvalue weighted by atomic mass is 16.4. The average molecular weight is 264 g/mol. The van der Waals surface area contributed by atoms with E-state index in [1.165, 1.54) is 24.5 Å². The van der Waals surface area contributed by atoms with Crippen LogP contribution in [0.3, 0.4) is 0 Å². The second kappa shape index (κ2) is 7.25. The third-order valence-corrected chi connectivity index (χ3v) is 2.65. The molecule has 1 heterocycles. The Morgan fingerprint density at radius 3 is 2.47 bits per heavy atom. The van der Waals surface area contributed by atoms with Crippen molar-refractivity contribution in [1.82, 2.24) is 10.3 Å². The van der Waals surface area contributed by atoms with Gasteiger partial charge in [0.05, 0.1) is 0 Å². The Bertz CT molecular complexity index is 459. The zero-order valence-electron chi connectivity index (χ0n) is 10.6. The van der Waals surface area contributed by atoms with Crippen LogP contribution in [-0.2, 0) is 9.59 Å². The molecule has 1 aromatic heterocycles. The Morgan fingerprint density at radius 1 is 1.32 bits per heavy atom. The van der Waals surface area contributed by atoms with Crippen molar-refractivity contribution in [3.8, 4) is 0 Å². The first-order valence-corrected chi connectivity index (χ1v) is 6.00. The Hall–Kier alpha value is -2.24. The van der Waals surface area contributed by atoms with E-state index in [-0.39, 0.29) is 18.6 Å². The zero-order chi connectivity index (χ0) is 14.3. The van der Waals surface area contributed by atoms with E-state index in [4.69, 9.17) is 5.11 Å². The van der Waals surface area contributed by atoms with Gasteiger partial charge in [0.25, 0.3) is 5.91 Å². The second-order valence-electron chi connectivity index (χ2n) is 4.03. The molecule has 0 saturated carbocycles. The molecule has 0 aliphatic rings. The summed E-state index contributed by atoms with van der Waals surface area (Å²) in [5.74, 6) is -1.66. The van der Waals surface area contributed by atoms with Crippen molar-refractivity contribution >= 4 is 17.7 Å². The molecule has 0 aromatic carbocycles. The predicted octanol–water partition coefficient (Wildman–Crippen LogP) is 1.02. The van der Waals surface area contributed by atoms with Crippen molar-refractivity contribution in [1.29, 1.82) is 0 Å². The molecule has 0 fully saturated rings. The van der Waals surface area contributed by atoms with Gasteiger partial charge in [-0.1, -0.05) is 6.92 Å². The lowest BCUT2D eigenvalue weighted by atomic mass is 10.1. The van der Waals surface area contributed by atoms with Crippen LogP contribution in [0.2, 0.25) is 0 Å². The van der Waals surface area contributed by atoms with Gasteiger partial charge < -0.3 is 10.4 Å². The van der Waals surface area contributed by atoms with Crippen LogP contribution in [0.25, 0.3) is 0 Å². The van der Waals surface area contributed by atoms with Crippen LogP contribution >= 0.6 is 0 Å². The molecule has 0 aliphatic carbocycles. The lowest BCUT2D eigenvalue weighted by Gasteiger charge is -2.13. The van der Waals surface area contributed by atoms with Crippen molar-refractivity contribution in [3.05, 3.63) is 30.1 Å². The maximum atomic E-state index is 11.8. The summed E-state index contributed by atoms with van der Waals surface area (Å²) in [6, 6.07) is 1.92. The van der Waals surface area contributed by atoms with Gasteiger partial charge in [-0.25, -0.2) is 4.79 Å². The number of pyridine rings is 1. The highest BCUT2D eigenvalue weighted by Crippen LogP contribution is 2.03. The summed E-state index contributed by atoms with van der Waals surface area (Å²) in [6.07, 6.45) is 3.50. The van der Waals surface area contributed by atoms with Crippen LogP contribution in [0.5, 0.6) is 0 Å². The second-order valence-corrected chi connectivity index (χ2v) is 4.03. The number of nitrogens with zero attached hydrogens (tertiary/aromatic N) is 1. The standard InChI is InChI=1S/C13H16N2O4/c1-2-10(16)3-4-11(13(18)19)15-12(17)9-5-7-14-8-6-9/h5-8,11H,2-4H2,1H3,(H,15,17)(H,18,19)/t11-/m0/s1. The van der Waals surface area contributed by atoms with E-state index in [1.807, 2.05) is 0 Å². The first-order chi connectivity index (χ1) is 9.04. The molecule has 1 amide bonds. The predicted molar refractivity (Wildman–Crippen MR) is 67.7 cm³/mol. The van der Waals surface area contributed by atoms with E-state index < -0.39 is 17.9 Å². The number of carboxylic acids is 1. The van der Waals surface area contributed by atoms with Crippen molar-refractivity contribution in [2.45, 2.75) is 32.2 Å². The van der Waals surface area contributed by atoms with Gasteiger partial charge in [0, 0.05) is 30.8 Å². The third kappa shape index (κ3) is 4.87. The van der Waals surface area contributed by atoms with Gasteiger partial charge in [0.2, 0.25) is 0 Å². The van der Waals surface area contributed by atoms with E-state index >= 15 is 0 Å². The molecule has 0 saturated heterocycles. The molecule has 102 valence electrons. The van der Waals surface area contributed by atoms with E-state index in [2.05, 4.69) is 10.3 Å². The minimum Gasteiger partial charge on any atom is -0.480 e. The fourth-order valence-electron chi connectivity index (χ4n) is 1.48. The Kier molecular flexibility index (Phi) is 5.66. The maximum absolute atomic E-state index is 11.8. The fraction of sp³-hybridized carbons (Fsp3) is 0.385. The van der Waals surface area contributed by atoms with Gasteiger partial charge >= 0.3 is 5.97 Å². The minimum atomic E-state index is -1.15. The number of hydrogen-bond donors (Lipinski definition) is 2. The maximum Gasteiger partial charge on any atom is 0.326 e. The molecule has 1 rings (SSSR count). The number of carbonyl (C=O) groups excluding carboxylic acids is 2. The Balaban J connectivity index is 2.61. The summed E-state index contributed by atoms with van der Waals surface area (Å²) in [7, 11) is 0. The average Bonchev–Trinajstić information content (AvgIpc) is 2.43. The SMILES string of the molecule is CCC(=O)CC[C@H](NC(=O)c1ccncc1)C(=O)O. The number of hydrogen-bond acceptors (Lipinski definition) is 4. The van der Waals surface area contributed by atoms with Crippen LogP contribution in [0.4, 0.5) is 0 Å². The number of rotatable bonds is 7. The van der Waals surface area contributed by atoms with E-state index in [9.17, 15) is 14.4 Å². The molecule has 0 spiro atoms. The summed E-state index contributed by atoms with van der Waals surface area (Å²) in [5.41, 5.74) is 0.336. The Morgan fingerprint density at radius 2 is 1.95 bits per heavy atom. The number of ketones is 1. The molecule has 0 aliphatic heterocycles. The molecule has 2 N–H and O–H groups in total. The molecule has 1 atom stereocenters. The largest absolute Gasteiger partial charge is 0.480 e. The first-order valence-electron chi connectivity index (χ1n) is 6.00. The van der Waals surface area contributed by atoms with E-state index in [0.29, 0.717) is 12.0 Å². The van der Waals surface area contributed by atoms with Gasteiger partial charge in [0.15, 0.2) is 0 Å². The van der Waals surface area contributed by atoms with Crippen molar-refractivity contribution in [2.24, 2.45) is 0 Å². The number of aliphatic carboxylic acids is 1. The molecule has 19 heavy (non-hydrogen) atoms. The van der Waals surface area contributed by atoms with Gasteiger partial charge in [0.1, 0.15) is 11.8 Å². The summed E-state index contributed by atoms with van der Waals surface area (Å²) in [5, 5.41) is 11.4. The summed E-state index contributed by atoms with van der Waals surface area (Å²) in [4.78, 5) is 37.8. The molecule has 0 unspecified atom stereocenters. The van der Waals surface area contributed by atoms with Gasteiger partial charge in [-0.2, -0.15) is 0 Å². The summed E-state index contributed by atoms with van der Waals surface area (Å²) in [6.45, 7) is 1.72. The fourth-order valence-corrected chi connectivity index (χ4v) is 1.48. The van der Waals surface area contributed by atoms with Crippen LogP contribution in [-0.4, -0.2) is 33.8 Å². The molecular weight excluding hydrogens is 248 g/mol. The van der Waals surface area contributed by atoms with Crippen LogP contribution in [0.15, 0.2) is 24.5 Å². The van der Waals surface area contributed by atoms with Gasteiger partial charge in [-0.15, -0.1) is 0 Å². The van der Waals surface area contributed by atoms with Crippen LogP contribution in [0, 0.1) is 0 Å². The lowest BCUT2D eigenvalue weighted by molar-refractivity contribution is -0.139. The molecule has 6 heteroatoms. The summed E-state index contributed by atoms with van der Waals surface area (Å²) >= 11 is 0. The highest BCUT2D eigenvalue weighted by molar-refractivity contribution is 5.96. The van der Waals surface area contributed by atoms with E-state index in [0.717, 1.165) is 0 Å². The number of carbonyl (C=O) groups is 3. The summed E-state index contributed by atoms with van der Waals surface area (Å²) < 4.78 is 0. The van der Waals surface area contributed by atoms with Crippen molar-refractivity contribution < 1.29 is 19.5 Å². The van der Waals surface area contributed by atoms with Gasteiger partial charge in [-0.3, -0.25) is 14.6 Å². The number of Topliss-reactive ketones (excluding diaryl/α,β-unsaturated/α-hetero) is 1. The van der Waals surface area contributed by atoms with Crippen LogP contribution < -0.4 is 5.32 Å². The third-order valence-electron chi connectivity index (χ3n) is 2.65. The minimum absolute atomic E-state index is 0.0237.